The van der Waals surface area contributed by atoms with E-state index in [1.54, 1.807) is 0 Å². The summed E-state index contributed by atoms with van der Waals surface area (Å²) in [6.07, 6.45) is -3.12. The zero-order valence-electron chi connectivity index (χ0n) is 16.2. The number of nitrogens with one attached hydrogen (secondary N) is 1. The molecule has 2 aromatic heterocycles. The van der Waals surface area contributed by atoms with Crippen molar-refractivity contribution in [1.29, 1.82) is 0 Å². The normalized spacial score (nSPS) is 14.3. The second-order valence-electron chi connectivity index (χ2n) is 6.81. The summed E-state index contributed by atoms with van der Waals surface area (Å²) in [5.41, 5.74) is -0.339. The average molecular weight is 454 g/mol. The van der Waals surface area contributed by atoms with E-state index in [4.69, 9.17) is 4.74 Å². The minimum absolute atomic E-state index is 0.0271. The Morgan fingerprint density at radius 2 is 2.00 bits per heavy atom. The summed E-state index contributed by atoms with van der Waals surface area (Å²) in [5.74, 6) is -3.56. The van der Waals surface area contributed by atoms with Crippen LogP contribution in [-0.2, 0) is 6.54 Å². The minimum Gasteiger partial charge on any atom is -0.478 e. The quantitative estimate of drug-likeness (QED) is 0.594. The van der Waals surface area contributed by atoms with Crippen LogP contribution in [0, 0.1) is 11.6 Å². The lowest BCUT2D eigenvalue weighted by atomic mass is 10.0. The van der Waals surface area contributed by atoms with E-state index < -0.39 is 35.7 Å². The van der Waals surface area contributed by atoms with Gasteiger partial charge in [0.15, 0.2) is 17.3 Å². The number of ether oxygens (including phenoxy) is 2. The fraction of sp³-hybridized carbons (Fsp3) is 0.250. The van der Waals surface area contributed by atoms with Gasteiger partial charge in [0, 0.05) is 25.2 Å². The van der Waals surface area contributed by atoms with Crippen molar-refractivity contribution in [3.8, 4) is 11.6 Å². The Bertz CT molecular complexity index is 1130. The number of hydrogen-bond acceptors (Lipinski definition) is 5. The first-order valence-corrected chi connectivity index (χ1v) is 9.38. The molecule has 1 aliphatic heterocycles. The molecule has 1 aromatic carbocycles. The van der Waals surface area contributed by atoms with Crippen LogP contribution in [0.3, 0.4) is 0 Å². The third-order valence-electron chi connectivity index (χ3n) is 4.59. The molecule has 0 saturated carbocycles. The van der Waals surface area contributed by atoms with E-state index in [0.29, 0.717) is 31.5 Å². The van der Waals surface area contributed by atoms with Crippen LogP contribution < -0.4 is 14.8 Å². The van der Waals surface area contributed by atoms with Crippen LogP contribution in [0.1, 0.15) is 34.2 Å². The van der Waals surface area contributed by atoms with E-state index >= 15 is 0 Å². The summed E-state index contributed by atoms with van der Waals surface area (Å²) in [5, 5.41) is 6.64. The molecule has 0 fully saturated rings. The first-order chi connectivity index (χ1) is 15.2. The highest BCUT2D eigenvalue weighted by Crippen LogP contribution is 2.30. The highest BCUT2D eigenvalue weighted by molar-refractivity contribution is 5.93. The Hall–Kier alpha value is -3.70. The molecule has 0 radical (unpaired) electrons. The Morgan fingerprint density at radius 3 is 2.69 bits per heavy atom. The Balaban J connectivity index is 1.67. The largest absolute Gasteiger partial charge is 0.573 e. The van der Waals surface area contributed by atoms with E-state index in [0.717, 1.165) is 18.2 Å². The molecule has 0 aliphatic carbocycles. The summed E-state index contributed by atoms with van der Waals surface area (Å²) in [6, 6.07) is 5.01. The monoisotopic (exact) mass is 454 g/mol. The lowest BCUT2D eigenvalue weighted by Gasteiger charge is -2.20. The van der Waals surface area contributed by atoms with E-state index in [1.807, 2.05) is 0 Å². The number of pyridine rings is 1. The van der Waals surface area contributed by atoms with E-state index in [9.17, 15) is 26.7 Å². The van der Waals surface area contributed by atoms with Gasteiger partial charge in [-0.1, -0.05) is 6.07 Å². The van der Waals surface area contributed by atoms with Crippen molar-refractivity contribution in [2.24, 2.45) is 0 Å². The van der Waals surface area contributed by atoms with Crippen molar-refractivity contribution < 1.29 is 36.2 Å². The molecular formula is C20H15F5N4O3. The number of alkyl halides is 3. The van der Waals surface area contributed by atoms with Crippen LogP contribution >= 0.6 is 0 Å². The predicted octanol–water partition coefficient (Wildman–Crippen LogP) is 3.76. The number of carbonyl (C=O) groups is 1. The number of amides is 1. The second kappa shape index (κ2) is 8.44. The Kier molecular flexibility index (Phi) is 5.68. The Morgan fingerprint density at radius 1 is 1.19 bits per heavy atom. The molecule has 3 aromatic rings. The molecule has 0 bridgehead atoms. The topological polar surface area (TPSA) is 78.3 Å². The molecule has 1 unspecified atom stereocenters. The van der Waals surface area contributed by atoms with Gasteiger partial charge in [-0.2, -0.15) is 5.10 Å². The maximum absolute atomic E-state index is 14.4. The molecule has 1 N–H and O–H groups in total. The molecule has 168 valence electrons. The number of nitrogens with zero attached hydrogens (tertiary/aromatic N) is 3. The van der Waals surface area contributed by atoms with Crippen molar-refractivity contribution in [1.82, 2.24) is 20.1 Å². The Labute approximate surface area is 177 Å². The van der Waals surface area contributed by atoms with E-state index in [1.165, 1.54) is 23.0 Å². The number of rotatable bonds is 5. The van der Waals surface area contributed by atoms with E-state index in [2.05, 4.69) is 20.1 Å². The summed E-state index contributed by atoms with van der Waals surface area (Å²) >= 11 is 0. The van der Waals surface area contributed by atoms with Gasteiger partial charge in [0.05, 0.1) is 12.6 Å². The number of fused-ring (bicyclic) bond motifs is 1. The molecule has 3 heterocycles. The molecule has 32 heavy (non-hydrogen) atoms. The highest BCUT2D eigenvalue weighted by Gasteiger charge is 2.33. The van der Waals surface area contributed by atoms with Crippen LogP contribution in [0.5, 0.6) is 11.6 Å². The number of hydrogen-bond donors (Lipinski definition) is 1. The summed E-state index contributed by atoms with van der Waals surface area (Å²) < 4.78 is 76.5. The molecule has 0 saturated heterocycles. The lowest BCUT2D eigenvalue weighted by molar-refractivity contribution is -0.275. The zero-order chi connectivity index (χ0) is 22.9. The third-order valence-corrected chi connectivity index (χ3v) is 4.59. The summed E-state index contributed by atoms with van der Waals surface area (Å²) in [4.78, 5) is 16.7. The van der Waals surface area contributed by atoms with Crippen molar-refractivity contribution >= 4 is 5.91 Å². The smallest absolute Gasteiger partial charge is 0.478 e. The summed E-state index contributed by atoms with van der Waals surface area (Å²) in [6.45, 7) is 1.02. The second-order valence-corrected chi connectivity index (χ2v) is 6.81. The highest BCUT2D eigenvalue weighted by atomic mass is 19.4. The number of aryl methyl sites for hydroxylation is 1. The molecule has 7 nitrogen and oxygen atoms in total. The first-order valence-electron chi connectivity index (χ1n) is 9.38. The van der Waals surface area contributed by atoms with Crippen LogP contribution in [-0.4, -0.2) is 33.6 Å². The van der Waals surface area contributed by atoms with Gasteiger partial charge >= 0.3 is 6.36 Å². The fourth-order valence-electron chi connectivity index (χ4n) is 3.21. The first kappa shape index (κ1) is 21.5. The van der Waals surface area contributed by atoms with E-state index in [-0.39, 0.29) is 17.0 Å². The van der Waals surface area contributed by atoms with Crippen molar-refractivity contribution in [3.63, 3.8) is 0 Å². The number of halogens is 5. The van der Waals surface area contributed by atoms with Crippen LogP contribution in [0.15, 0.2) is 42.6 Å². The number of carbonyl (C=O) groups excluding carboxylic acids is 1. The van der Waals surface area contributed by atoms with Crippen LogP contribution in [0.2, 0.25) is 0 Å². The molecule has 12 heteroatoms. The van der Waals surface area contributed by atoms with Crippen LogP contribution in [0.4, 0.5) is 22.0 Å². The zero-order valence-corrected chi connectivity index (χ0v) is 16.2. The van der Waals surface area contributed by atoms with Gasteiger partial charge in [-0.25, -0.2) is 13.5 Å². The average Bonchev–Trinajstić information content (AvgIpc) is 3.18. The van der Waals surface area contributed by atoms with Gasteiger partial charge in [0.2, 0.25) is 5.88 Å². The molecule has 4 rings (SSSR count). The van der Waals surface area contributed by atoms with Gasteiger partial charge in [0.25, 0.3) is 5.91 Å². The molecule has 1 atom stereocenters. The standard InChI is InChI=1S/C20H15F5N4O3/c21-12-3-1-6-26-18(12)17(11-4-5-15(13(22)9-11)32-20(23,24)25)27-19(30)14-10-16-29(28-14)7-2-8-31-16/h1,3-6,9-10,17H,2,7-8H2,(H,27,30). The maximum atomic E-state index is 14.4. The maximum Gasteiger partial charge on any atom is 0.573 e. The fourth-order valence-corrected chi connectivity index (χ4v) is 3.21. The summed E-state index contributed by atoms with van der Waals surface area (Å²) in [7, 11) is 0. The molecule has 1 amide bonds. The van der Waals surface area contributed by atoms with Gasteiger partial charge in [-0.05, 0) is 29.8 Å². The van der Waals surface area contributed by atoms with Crippen LogP contribution in [0.25, 0.3) is 0 Å². The third kappa shape index (κ3) is 4.63. The minimum atomic E-state index is -5.09. The predicted molar refractivity (Wildman–Crippen MR) is 98.9 cm³/mol. The number of aromatic nitrogens is 3. The number of benzene rings is 1. The van der Waals surface area contributed by atoms with Crippen molar-refractivity contribution in [2.75, 3.05) is 6.61 Å². The molecule has 0 spiro atoms. The lowest BCUT2D eigenvalue weighted by Crippen LogP contribution is -2.31. The van der Waals surface area contributed by atoms with Gasteiger partial charge < -0.3 is 14.8 Å². The molecule has 1 aliphatic rings. The molecular weight excluding hydrogens is 439 g/mol. The SMILES string of the molecule is O=C(NC(c1ccc(OC(F)(F)F)c(F)c1)c1ncccc1F)c1cc2n(n1)CCCO2. The van der Waals surface area contributed by atoms with Gasteiger partial charge in [-0.3, -0.25) is 9.78 Å². The van der Waals surface area contributed by atoms with Crippen molar-refractivity contribution in [3.05, 3.63) is 71.2 Å². The van der Waals surface area contributed by atoms with Gasteiger partial charge in [0.1, 0.15) is 11.5 Å². The van der Waals surface area contributed by atoms with Gasteiger partial charge in [-0.15, -0.1) is 13.2 Å². The van der Waals surface area contributed by atoms with Crippen molar-refractivity contribution in [2.45, 2.75) is 25.4 Å².